The fourth-order valence-corrected chi connectivity index (χ4v) is 3.73. The minimum absolute atomic E-state index is 0.169. The van der Waals surface area contributed by atoms with Crippen LogP contribution in [0.2, 0.25) is 0 Å². The molecule has 2 N–H and O–H groups in total. The summed E-state index contributed by atoms with van der Waals surface area (Å²) in [6.07, 6.45) is 3.12. The zero-order chi connectivity index (χ0) is 18.8. The molecule has 0 atom stereocenters. The van der Waals surface area contributed by atoms with Crippen LogP contribution in [-0.4, -0.2) is 65.2 Å². The molecule has 0 radical (unpaired) electrons. The van der Waals surface area contributed by atoms with Gasteiger partial charge in [-0.05, 0) is 30.7 Å². The van der Waals surface area contributed by atoms with Crippen molar-refractivity contribution in [3.05, 3.63) is 29.8 Å². The van der Waals surface area contributed by atoms with Gasteiger partial charge in [0.05, 0.1) is 18.1 Å². The first kappa shape index (κ1) is 20.8. The highest BCUT2D eigenvalue weighted by Crippen LogP contribution is 2.10. The quantitative estimate of drug-likeness (QED) is 0.593. The molecule has 8 heteroatoms. The molecule has 0 spiro atoms. The lowest BCUT2D eigenvalue weighted by Gasteiger charge is -2.26. The average molecular weight is 384 g/mol. The van der Waals surface area contributed by atoms with Gasteiger partial charge in [0.1, 0.15) is 0 Å². The van der Waals surface area contributed by atoms with Gasteiger partial charge >= 0.3 is 0 Å². The number of carbonyl (C=O) groups excluding carboxylic acids is 1. The summed E-state index contributed by atoms with van der Waals surface area (Å²) in [6, 6.07) is 6.04. The van der Waals surface area contributed by atoms with Crippen LogP contribution in [0.5, 0.6) is 0 Å². The van der Waals surface area contributed by atoms with Crippen molar-refractivity contribution in [1.82, 2.24) is 14.9 Å². The number of amides is 1. The van der Waals surface area contributed by atoms with Crippen molar-refractivity contribution < 1.29 is 17.9 Å². The van der Waals surface area contributed by atoms with Gasteiger partial charge in [-0.15, -0.1) is 0 Å². The number of carbonyl (C=O) groups is 1. The number of sulfonamides is 1. The maximum absolute atomic E-state index is 12.3. The number of hydrogen-bond donors (Lipinski definition) is 2. The van der Waals surface area contributed by atoms with Crippen LogP contribution in [0.25, 0.3) is 0 Å². The van der Waals surface area contributed by atoms with Crippen molar-refractivity contribution in [2.45, 2.75) is 31.1 Å². The Labute approximate surface area is 156 Å². The second-order valence-electron chi connectivity index (χ2n) is 6.34. The second kappa shape index (κ2) is 10.6. The van der Waals surface area contributed by atoms with Crippen molar-refractivity contribution in [3.63, 3.8) is 0 Å². The van der Waals surface area contributed by atoms with Crippen LogP contribution in [0.3, 0.4) is 0 Å². The van der Waals surface area contributed by atoms with Crippen LogP contribution >= 0.6 is 0 Å². The predicted molar refractivity (Wildman–Crippen MR) is 101 cm³/mol. The first-order valence-electron chi connectivity index (χ1n) is 9.21. The minimum Gasteiger partial charge on any atom is -0.379 e. The van der Waals surface area contributed by atoms with Crippen molar-refractivity contribution in [3.8, 4) is 0 Å². The van der Waals surface area contributed by atoms with E-state index in [1.807, 2.05) is 0 Å². The molecule has 0 bridgehead atoms. The van der Waals surface area contributed by atoms with Gasteiger partial charge in [-0.1, -0.05) is 19.8 Å². The number of hydrogen-bond acceptors (Lipinski definition) is 5. The SMILES string of the molecule is CCCCCNC(=O)c1ccc(S(=O)(=O)NCCN2CCOCC2)cc1. The molecule has 26 heavy (non-hydrogen) atoms. The molecule has 1 saturated heterocycles. The molecule has 0 aliphatic carbocycles. The molecule has 1 fully saturated rings. The molecule has 0 aromatic heterocycles. The van der Waals surface area contributed by atoms with E-state index in [1.165, 1.54) is 12.1 Å². The summed E-state index contributed by atoms with van der Waals surface area (Å²) in [5.41, 5.74) is 0.466. The van der Waals surface area contributed by atoms with Gasteiger partial charge in [0.15, 0.2) is 0 Å². The van der Waals surface area contributed by atoms with Crippen molar-refractivity contribution in [2.75, 3.05) is 45.9 Å². The van der Waals surface area contributed by atoms with E-state index < -0.39 is 10.0 Å². The van der Waals surface area contributed by atoms with Crippen LogP contribution in [0.1, 0.15) is 36.5 Å². The Morgan fingerprint density at radius 3 is 2.46 bits per heavy atom. The number of nitrogens with zero attached hydrogens (tertiary/aromatic N) is 1. The number of benzene rings is 1. The normalized spacial score (nSPS) is 15.7. The van der Waals surface area contributed by atoms with E-state index in [9.17, 15) is 13.2 Å². The van der Waals surface area contributed by atoms with Crippen molar-refractivity contribution in [1.29, 1.82) is 0 Å². The molecular weight excluding hydrogens is 354 g/mol. The number of morpholine rings is 1. The molecular formula is C18H29N3O4S. The maximum atomic E-state index is 12.3. The molecule has 1 aliphatic rings. The van der Waals surface area contributed by atoms with Crippen molar-refractivity contribution >= 4 is 15.9 Å². The standard InChI is InChI=1S/C18H29N3O4S/c1-2-3-4-9-19-18(22)16-5-7-17(8-6-16)26(23,24)20-10-11-21-12-14-25-15-13-21/h5-8,20H,2-4,9-15H2,1H3,(H,19,22). The van der Waals surface area contributed by atoms with Gasteiger partial charge in [-0.25, -0.2) is 13.1 Å². The lowest BCUT2D eigenvalue weighted by molar-refractivity contribution is 0.0390. The molecule has 0 saturated carbocycles. The monoisotopic (exact) mass is 383 g/mol. The lowest BCUT2D eigenvalue weighted by Crippen LogP contribution is -2.41. The zero-order valence-corrected chi connectivity index (χ0v) is 16.2. The molecule has 146 valence electrons. The third-order valence-corrected chi connectivity index (χ3v) is 5.79. The van der Waals surface area contributed by atoms with Crippen molar-refractivity contribution in [2.24, 2.45) is 0 Å². The molecule has 1 heterocycles. The maximum Gasteiger partial charge on any atom is 0.251 e. The van der Waals surface area contributed by atoms with Crippen LogP contribution in [0.4, 0.5) is 0 Å². The van der Waals surface area contributed by atoms with Gasteiger partial charge in [0.25, 0.3) is 5.91 Å². The fraction of sp³-hybridized carbons (Fsp3) is 0.611. The highest BCUT2D eigenvalue weighted by Gasteiger charge is 2.16. The summed E-state index contributed by atoms with van der Waals surface area (Å²) in [5, 5.41) is 2.84. The first-order chi connectivity index (χ1) is 12.5. The Morgan fingerprint density at radius 1 is 1.12 bits per heavy atom. The molecule has 0 unspecified atom stereocenters. The molecule has 1 amide bonds. The zero-order valence-electron chi connectivity index (χ0n) is 15.4. The van der Waals surface area contributed by atoms with Gasteiger partial charge in [0.2, 0.25) is 10.0 Å². The summed E-state index contributed by atoms with van der Waals surface area (Å²) >= 11 is 0. The van der Waals surface area contributed by atoms with E-state index in [4.69, 9.17) is 4.74 Å². The van der Waals surface area contributed by atoms with E-state index in [0.29, 0.717) is 38.4 Å². The average Bonchev–Trinajstić information content (AvgIpc) is 2.66. The molecule has 1 aromatic carbocycles. The number of ether oxygens (including phenoxy) is 1. The van der Waals surface area contributed by atoms with Gasteiger partial charge < -0.3 is 10.1 Å². The topological polar surface area (TPSA) is 87.7 Å². The second-order valence-corrected chi connectivity index (χ2v) is 8.11. The summed E-state index contributed by atoms with van der Waals surface area (Å²) in [6.45, 7) is 6.77. The largest absolute Gasteiger partial charge is 0.379 e. The van der Waals surface area contributed by atoms with E-state index in [-0.39, 0.29) is 10.8 Å². The Balaban J connectivity index is 1.82. The Morgan fingerprint density at radius 2 is 1.81 bits per heavy atom. The number of nitrogens with one attached hydrogen (secondary N) is 2. The fourth-order valence-electron chi connectivity index (χ4n) is 2.71. The van der Waals surface area contributed by atoms with E-state index in [1.54, 1.807) is 12.1 Å². The Hall–Kier alpha value is -1.48. The summed E-state index contributed by atoms with van der Waals surface area (Å²) in [7, 11) is -3.57. The van der Waals surface area contributed by atoms with E-state index in [2.05, 4.69) is 21.9 Å². The summed E-state index contributed by atoms with van der Waals surface area (Å²) < 4.78 is 32.6. The van der Waals surface area contributed by atoms with Gasteiger partial charge in [-0.2, -0.15) is 0 Å². The highest BCUT2D eigenvalue weighted by molar-refractivity contribution is 7.89. The van der Waals surface area contributed by atoms with Crippen LogP contribution < -0.4 is 10.0 Å². The minimum atomic E-state index is -3.57. The lowest BCUT2D eigenvalue weighted by atomic mass is 10.2. The van der Waals surface area contributed by atoms with Crippen LogP contribution in [0.15, 0.2) is 29.2 Å². The Bertz CT molecular complexity index is 656. The van der Waals surface area contributed by atoms with Crippen LogP contribution in [-0.2, 0) is 14.8 Å². The molecule has 1 aromatic rings. The molecule has 2 rings (SSSR count). The Kier molecular flexibility index (Phi) is 8.50. The van der Waals surface area contributed by atoms with Gasteiger partial charge in [0, 0.05) is 38.3 Å². The number of unbranched alkanes of at least 4 members (excludes halogenated alkanes) is 2. The summed E-state index contributed by atoms with van der Waals surface area (Å²) in [5.74, 6) is -0.176. The van der Waals surface area contributed by atoms with Gasteiger partial charge in [-0.3, -0.25) is 9.69 Å². The van der Waals surface area contributed by atoms with Crippen LogP contribution in [0, 0.1) is 0 Å². The predicted octanol–water partition coefficient (Wildman–Crippen LogP) is 1.22. The molecule has 1 aliphatic heterocycles. The molecule has 7 nitrogen and oxygen atoms in total. The van der Waals surface area contributed by atoms with E-state index >= 15 is 0 Å². The third kappa shape index (κ3) is 6.68. The van der Waals surface area contributed by atoms with E-state index in [0.717, 1.165) is 32.4 Å². The summed E-state index contributed by atoms with van der Waals surface area (Å²) in [4.78, 5) is 14.4. The smallest absolute Gasteiger partial charge is 0.251 e. The highest BCUT2D eigenvalue weighted by atomic mass is 32.2. The third-order valence-electron chi connectivity index (χ3n) is 4.32. The first-order valence-corrected chi connectivity index (χ1v) is 10.7. The number of rotatable bonds is 10.